The molecule has 0 bridgehead atoms. The maximum Gasteiger partial charge on any atom is 0.410 e. The van der Waals surface area contributed by atoms with Crippen molar-refractivity contribution in [1.82, 2.24) is 14.9 Å². The van der Waals surface area contributed by atoms with Gasteiger partial charge in [-0.15, -0.1) is 0 Å². The van der Waals surface area contributed by atoms with Gasteiger partial charge in [-0.1, -0.05) is 28.1 Å². The minimum Gasteiger partial charge on any atom is -0.444 e. The van der Waals surface area contributed by atoms with Crippen molar-refractivity contribution >= 4 is 34.7 Å². The fourth-order valence-corrected chi connectivity index (χ4v) is 2.50. The van der Waals surface area contributed by atoms with Crippen LogP contribution in [0.2, 0.25) is 0 Å². The van der Waals surface area contributed by atoms with E-state index in [4.69, 9.17) is 4.74 Å². The highest BCUT2D eigenvalue weighted by atomic mass is 79.9. The Morgan fingerprint density at radius 2 is 1.93 bits per heavy atom. The van der Waals surface area contributed by atoms with Crippen molar-refractivity contribution in [2.45, 2.75) is 46.0 Å². The van der Waals surface area contributed by atoms with E-state index in [-0.39, 0.29) is 13.1 Å². The minimum atomic E-state index is -1.16. The van der Waals surface area contributed by atoms with E-state index < -0.39 is 17.9 Å². The average Bonchev–Trinajstić information content (AvgIpc) is 3.03. The fourth-order valence-electron chi connectivity index (χ4n) is 2.23. The number of hydrogen-bond acceptors (Lipinski definition) is 4. The molecule has 1 heterocycles. The van der Waals surface area contributed by atoms with Crippen LogP contribution in [0.1, 0.15) is 33.5 Å². The zero-order valence-electron chi connectivity index (χ0n) is 16.3. The Hall–Kier alpha value is -1.54. The number of amides is 1. The topological polar surface area (TPSA) is 58.2 Å². The van der Waals surface area contributed by atoms with E-state index in [1.54, 1.807) is 33.2 Å². The number of ether oxygens (including phenoxy) is 1. The molecule has 0 aliphatic carbocycles. The Morgan fingerprint density at radius 3 is 2.44 bits per heavy atom. The molecular weight excluding hydrogens is 433 g/mol. The van der Waals surface area contributed by atoms with Crippen LogP contribution < -0.4 is 0 Å². The van der Waals surface area contributed by atoms with Gasteiger partial charge < -0.3 is 9.72 Å². The standard InChI is InChI=1S/C18H23BrFN3O2.CH4S/c1-12(20)10-23(17(24)25-18(2,3)4)11-16-21-9-15(22-16)13-5-7-14(19)8-6-13;1-2/h5-9,12H,10-11H2,1-4H3,(H,21,22);2H,1H3. The Kier molecular flexibility index (Phi) is 9.32. The summed E-state index contributed by atoms with van der Waals surface area (Å²) in [4.78, 5) is 21.1. The number of hydrogen-bond donors (Lipinski definition) is 2. The second-order valence-corrected chi connectivity index (χ2v) is 7.81. The van der Waals surface area contributed by atoms with Crippen LogP contribution in [0, 0.1) is 0 Å². The van der Waals surface area contributed by atoms with E-state index in [1.807, 2.05) is 24.3 Å². The van der Waals surface area contributed by atoms with Crippen molar-refractivity contribution < 1.29 is 13.9 Å². The SMILES string of the molecule is CC(F)CN(Cc1ncc(-c2ccc(Br)cc2)[nH]1)C(=O)OC(C)(C)C.CS. The summed E-state index contributed by atoms with van der Waals surface area (Å²) in [5.41, 5.74) is 1.17. The second-order valence-electron chi connectivity index (χ2n) is 6.89. The minimum absolute atomic E-state index is 0.0524. The van der Waals surface area contributed by atoms with Crippen LogP contribution in [-0.2, 0) is 11.3 Å². The van der Waals surface area contributed by atoms with Gasteiger partial charge in [-0.3, -0.25) is 4.90 Å². The number of thiol groups is 1. The van der Waals surface area contributed by atoms with Crippen LogP contribution in [0.4, 0.5) is 9.18 Å². The summed E-state index contributed by atoms with van der Waals surface area (Å²) in [6.45, 7) is 6.84. The van der Waals surface area contributed by atoms with Crippen molar-refractivity contribution in [1.29, 1.82) is 0 Å². The number of aromatic nitrogens is 2. The first-order valence-electron chi connectivity index (χ1n) is 8.50. The van der Waals surface area contributed by atoms with E-state index in [2.05, 4.69) is 38.5 Å². The molecule has 1 aromatic heterocycles. The monoisotopic (exact) mass is 459 g/mol. The summed E-state index contributed by atoms with van der Waals surface area (Å²) in [7, 11) is 0. The Balaban J connectivity index is 0.00000176. The third kappa shape index (κ3) is 8.34. The summed E-state index contributed by atoms with van der Waals surface area (Å²) in [5.74, 6) is 0.574. The molecule has 1 atom stereocenters. The molecule has 1 amide bonds. The summed E-state index contributed by atoms with van der Waals surface area (Å²) >= 11 is 6.93. The van der Waals surface area contributed by atoms with Gasteiger partial charge >= 0.3 is 6.09 Å². The van der Waals surface area contributed by atoms with Crippen LogP contribution in [0.15, 0.2) is 34.9 Å². The van der Waals surface area contributed by atoms with Crippen molar-refractivity contribution in [3.8, 4) is 11.3 Å². The largest absolute Gasteiger partial charge is 0.444 e. The predicted molar refractivity (Wildman–Crippen MR) is 114 cm³/mol. The Bertz CT molecular complexity index is 714. The van der Waals surface area contributed by atoms with Crippen molar-refractivity contribution in [3.63, 3.8) is 0 Å². The molecule has 2 aromatic rings. The van der Waals surface area contributed by atoms with Gasteiger partial charge in [0.05, 0.1) is 25.0 Å². The highest BCUT2D eigenvalue weighted by Crippen LogP contribution is 2.21. The van der Waals surface area contributed by atoms with Crippen LogP contribution >= 0.6 is 28.6 Å². The smallest absolute Gasteiger partial charge is 0.410 e. The molecule has 0 spiro atoms. The fraction of sp³-hybridized carbons (Fsp3) is 0.474. The van der Waals surface area contributed by atoms with Gasteiger partial charge in [-0.05, 0) is 51.6 Å². The summed E-state index contributed by atoms with van der Waals surface area (Å²) in [6, 6.07) is 7.79. The van der Waals surface area contributed by atoms with Crippen molar-refractivity contribution in [2.24, 2.45) is 0 Å². The summed E-state index contributed by atoms with van der Waals surface area (Å²) in [5, 5.41) is 0. The van der Waals surface area contributed by atoms with Gasteiger partial charge in [0.15, 0.2) is 0 Å². The third-order valence-corrected chi connectivity index (χ3v) is 3.78. The Labute approximate surface area is 174 Å². The lowest BCUT2D eigenvalue weighted by Gasteiger charge is -2.27. The number of H-pyrrole nitrogens is 1. The molecule has 0 fully saturated rings. The number of nitrogens with zero attached hydrogens (tertiary/aromatic N) is 2. The quantitative estimate of drug-likeness (QED) is 0.581. The Morgan fingerprint density at radius 1 is 1.33 bits per heavy atom. The maximum atomic E-state index is 13.5. The van der Waals surface area contributed by atoms with E-state index in [1.165, 1.54) is 11.8 Å². The van der Waals surface area contributed by atoms with Gasteiger partial charge in [0.25, 0.3) is 0 Å². The molecule has 0 saturated heterocycles. The molecule has 0 aliphatic heterocycles. The summed E-state index contributed by atoms with van der Waals surface area (Å²) < 4.78 is 19.8. The lowest BCUT2D eigenvalue weighted by atomic mass is 10.2. The van der Waals surface area contributed by atoms with Crippen LogP contribution in [0.3, 0.4) is 0 Å². The molecule has 8 heteroatoms. The zero-order valence-corrected chi connectivity index (χ0v) is 18.8. The van der Waals surface area contributed by atoms with E-state index in [0.717, 1.165) is 15.7 Å². The first kappa shape index (κ1) is 23.5. The number of benzene rings is 1. The average molecular weight is 460 g/mol. The van der Waals surface area contributed by atoms with Crippen LogP contribution in [-0.4, -0.2) is 45.5 Å². The van der Waals surface area contributed by atoms with Crippen LogP contribution in [0.25, 0.3) is 11.3 Å². The van der Waals surface area contributed by atoms with Gasteiger partial charge in [0, 0.05) is 4.47 Å². The molecule has 0 aliphatic rings. The van der Waals surface area contributed by atoms with E-state index in [0.29, 0.717) is 5.82 Å². The zero-order chi connectivity index (χ0) is 20.6. The predicted octanol–water partition coefficient (Wildman–Crippen LogP) is 5.48. The third-order valence-electron chi connectivity index (χ3n) is 3.25. The number of alkyl halides is 1. The number of imidazole rings is 1. The van der Waals surface area contributed by atoms with E-state index >= 15 is 0 Å². The number of nitrogens with one attached hydrogen (secondary N) is 1. The molecule has 0 saturated carbocycles. The molecular formula is C19H27BrFN3O2S. The van der Waals surface area contributed by atoms with Gasteiger partial charge in [-0.2, -0.15) is 12.6 Å². The molecule has 1 aromatic carbocycles. The molecule has 150 valence electrons. The van der Waals surface area contributed by atoms with Crippen LogP contribution in [0.5, 0.6) is 0 Å². The van der Waals surface area contributed by atoms with E-state index in [9.17, 15) is 9.18 Å². The van der Waals surface area contributed by atoms with Gasteiger partial charge in [0.1, 0.15) is 17.6 Å². The van der Waals surface area contributed by atoms with Crippen molar-refractivity contribution in [3.05, 3.63) is 40.8 Å². The second kappa shape index (κ2) is 10.7. The first-order chi connectivity index (χ1) is 12.6. The number of halogens is 2. The molecule has 1 unspecified atom stereocenters. The van der Waals surface area contributed by atoms with Gasteiger partial charge in [0.2, 0.25) is 0 Å². The molecule has 2 rings (SSSR count). The highest BCUT2D eigenvalue weighted by Gasteiger charge is 2.24. The maximum absolute atomic E-state index is 13.5. The number of carbonyl (C=O) groups is 1. The number of rotatable bonds is 5. The highest BCUT2D eigenvalue weighted by molar-refractivity contribution is 9.10. The van der Waals surface area contributed by atoms with Crippen molar-refractivity contribution in [2.75, 3.05) is 12.8 Å². The normalized spacial score (nSPS) is 12.0. The number of carbonyl (C=O) groups excluding carboxylic acids is 1. The molecule has 0 radical (unpaired) electrons. The number of aromatic amines is 1. The molecule has 5 nitrogen and oxygen atoms in total. The lowest BCUT2D eigenvalue weighted by molar-refractivity contribution is 0.0187. The summed E-state index contributed by atoms with van der Waals surface area (Å²) in [6.07, 6.45) is 1.68. The molecule has 27 heavy (non-hydrogen) atoms. The molecule has 1 N–H and O–H groups in total. The van der Waals surface area contributed by atoms with Gasteiger partial charge in [-0.25, -0.2) is 14.2 Å². The lowest BCUT2D eigenvalue weighted by Crippen LogP contribution is -2.39. The first-order valence-corrected chi connectivity index (χ1v) is 10.2.